The van der Waals surface area contributed by atoms with E-state index < -0.39 is 6.09 Å². The molecule has 0 saturated carbocycles. The van der Waals surface area contributed by atoms with Crippen LogP contribution in [0.25, 0.3) is 0 Å². The van der Waals surface area contributed by atoms with E-state index in [4.69, 9.17) is 9.15 Å². The fraction of sp³-hybridized carbons (Fsp3) is 0.0833. The Hall–Kier alpha value is -2.23. The Morgan fingerprint density at radius 3 is 2.50 bits per heavy atom. The number of para-hydroxylation sites is 1. The lowest BCUT2D eigenvalue weighted by Crippen LogP contribution is -2.25. The molecule has 1 aromatic heterocycles. The molecule has 2 rings (SSSR count). The minimum Gasteiger partial charge on any atom is -0.452 e. The van der Waals surface area contributed by atoms with Crippen LogP contribution >= 0.6 is 0 Å². The van der Waals surface area contributed by atoms with Crippen LogP contribution < -0.4 is 4.90 Å². The van der Waals surface area contributed by atoms with Gasteiger partial charge in [0.15, 0.2) is 0 Å². The third-order valence-electron chi connectivity index (χ3n) is 2.10. The second-order valence-electron chi connectivity index (χ2n) is 3.09. The lowest BCUT2D eigenvalue weighted by molar-refractivity contribution is 0.180. The summed E-state index contributed by atoms with van der Waals surface area (Å²) in [5.41, 5.74) is 0.698. The number of nitrogens with zero attached hydrogens (tertiary/aromatic N) is 1. The number of methoxy groups -OCH3 is 1. The molecule has 1 amide bonds. The Bertz CT molecular complexity index is 450. The van der Waals surface area contributed by atoms with Crippen molar-refractivity contribution >= 4 is 17.7 Å². The number of ether oxygens (including phenoxy) is 1. The first-order valence-corrected chi connectivity index (χ1v) is 4.79. The molecular weight excluding hydrogens is 206 g/mol. The summed E-state index contributed by atoms with van der Waals surface area (Å²) in [5, 5.41) is 0. The van der Waals surface area contributed by atoms with Gasteiger partial charge in [0.1, 0.15) is 0 Å². The zero-order valence-corrected chi connectivity index (χ0v) is 8.79. The standard InChI is InChI=1S/C12H11NO3/c1-15-12(14)13(11-8-5-9-16-11)10-6-3-2-4-7-10/h2-9H,1H3. The van der Waals surface area contributed by atoms with Crippen molar-refractivity contribution in [3.63, 3.8) is 0 Å². The minimum atomic E-state index is -0.485. The summed E-state index contributed by atoms with van der Waals surface area (Å²) in [4.78, 5) is 13.0. The van der Waals surface area contributed by atoms with Gasteiger partial charge in [-0.2, -0.15) is 0 Å². The zero-order valence-electron chi connectivity index (χ0n) is 8.79. The molecule has 0 aliphatic carbocycles. The molecule has 0 aliphatic rings. The van der Waals surface area contributed by atoms with E-state index in [9.17, 15) is 4.79 Å². The minimum absolute atomic E-state index is 0.429. The van der Waals surface area contributed by atoms with Crippen LogP contribution in [0.4, 0.5) is 16.4 Å². The van der Waals surface area contributed by atoms with Crippen LogP contribution in [0.15, 0.2) is 53.1 Å². The highest BCUT2D eigenvalue weighted by atomic mass is 16.5. The van der Waals surface area contributed by atoms with Crippen molar-refractivity contribution in [2.24, 2.45) is 0 Å². The van der Waals surface area contributed by atoms with Crippen molar-refractivity contribution in [1.29, 1.82) is 0 Å². The Morgan fingerprint density at radius 2 is 1.94 bits per heavy atom. The lowest BCUT2D eigenvalue weighted by atomic mass is 10.3. The van der Waals surface area contributed by atoms with Crippen molar-refractivity contribution in [2.75, 3.05) is 12.0 Å². The number of amides is 1. The summed E-state index contributed by atoms with van der Waals surface area (Å²) in [6.45, 7) is 0. The van der Waals surface area contributed by atoms with E-state index in [-0.39, 0.29) is 0 Å². The van der Waals surface area contributed by atoms with Crippen LogP contribution in [0.5, 0.6) is 0 Å². The van der Waals surface area contributed by atoms with E-state index in [1.807, 2.05) is 18.2 Å². The molecule has 0 unspecified atom stereocenters. The first-order chi connectivity index (χ1) is 7.83. The molecular formula is C12H11NO3. The highest BCUT2D eigenvalue weighted by molar-refractivity contribution is 5.94. The maximum Gasteiger partial charge on any atom is 0.421 e. The van der Waals surface area contributed by atoms with Crippen molar-refractivity contribution in [3.05, 3.63) is 48.7 Å². The molecule has 0 fully saturated rings. The number of benzene rings is 1. The molecule has 82 valence electrons. The van der Waals surface area contributed by atoms with Crippen LogP contribution in [0.3, 0.4) is 0 Å². The van der Waals surface area contributed by atoms with Gasteiger partial charge in [0.2, 0.25) is 5.88 Å². The van der Waals surface area contributed by atoms with Gasteiger partial charge >= 0.3 is 6.09 Å². The molecule has 0 radical (unpaired) electrons. The summed E-state index contributed by atoms with van der Waals surface area (Å²) in [5.74, 6) is 0.429. The molecule has 0 saturated heterocycles. The molecule has 0 N–H and O–H groups in total. The van der Waals surface area contributed by atoms with E-state index >= 15 is 0 Å². The summed E-state index contributed by atoms with van der Waals surface area (Å²) in [7, 11) is 1.33. The molecule has 0 atom stereocenters. The second-order valence-corrected chi connectivity index (χ2v) is 3.09. The molecule has 0 aliphatic heterocycles. The van der Waals surface area contributed by atoms with Crippen molar-refractivity contribution in [2.45, 2.75) is 0 Å². The Morgan fingerprint density at radius 1 is 1.19 bits per heavy atom. The van der Waals surface area contributed by atoms with Crippen molar-refractivity contribution in [3.8, 4) is 0 Å². The van der Waals surface area contributed by atoms with Gasteiger partial charge in [0.25, 0.3) is 0 Å². The Balaban J connectivity index is 2.40. The maximum absolute atomic E-state index is 11.7. The molecule has 2 aromatic rings. The summed E-state index contributed by atoms with van der Waals surface area (Å²) < 4.78 is 9.92. The van der Waals surface area contributed by atoms with E-state index in [2.05, 4.69) is 0 Å². The van der Waals surface area contributed by atoms with E-state index in [1.54, 1.807) is 24.3 Å². The monoisotopic (exact) mass is 217 g/mol. The molecule has 0 bridgehead atoms. The molecule has 0 spiro atoms. The van der Waals surface area contributed by atoms with Gasteiger partial charge in [-0.1, -0.05) is 18.2 Å². The van der Waals surface area contributed by atoms with Crippen molar-refractivity contribution < 1.29 is 13.9 Å². The molecule has 1 aromatic carbocycles. The van der Waals surface area contributed by atoms with Gasteiger partial charge in [0, 0.05) is 6.07 Å². The Kier molecular flexibility index (Phi) is 2.91. The van der Waals surface area contributed by atoms with Crippen LogP contribution in [0, 0.1) is 0 Å². The average Bonchev–Trinajstić information content (AvgIpc) is 2.84. The second kappa shape index (κ2) is 4.53. The van der Waals surface area contributed by atoms with Gasteiger partial charge in [-0.25, -0.2) is 9.69 Å². The highest BCUT2D eigenvalue weighted by Gasteiger charge is 2.20. The first kappa shape index (κ1) is 10.3. The fourth-order valence-electron chi connectivity index (χ4n) is 1.39. The number of carbonyl (C=O) groups excluding carboxylic acids is 1. The topological polar surface area (TPSA) is 42.7 Å². The van der Waals surface area contributed by atoms with Gasteiger partial charge < -0.3 is 9.15 Å². The Labute approximate surface area is 93.0 Å². The highest BCUT2D eigenvalue weighted by Crippen LogP contribution is 2.25. The fourth-order valence-corrected chi connectivity index (χ4v) is 1.39. The molecule has 1 heterocycles. The number of anilines is 2. The first-order valence-electron chi connectivity index (χ1n) is 4.79. The van der Waals surface area contributed by atoms with Crippen LogP contribution in [0.1, 0.15) is 0 Å². The number of hydrogen-bond acceptors (Lipinski definition) is 3. The number of hydrogen-bond donors (Lipinski definition) is 0. The van der Waals surface area contributed by atoms with Gasteiger partial charge in [-0.15, -0.1) is 0 Å². The smallest absolute Gasteiger partial charge is 0.421 e. The molecule has 16 heavy (non-hydrogen) atoms. The normalized spacial score (nSPS) is 9.81. The van der Waals surface area contributed by atoms with Gasteiger partial charge in [-0.3, -0.25) is 0 Å². The number of carbonyl (C=O) groups is 1. The van der Waals surface area contributed by atoms with Crippen molar-refractivity contribution in [1.82, 2.24) is 0 Å². The average molecular weight is 217 g/mol. The van der Waals surface area contributed by atoms with E-state index in [0.29, 0.717) is 11.6 Å². The van der Waals surface area contributed by atoms with Gasteiger partial charge in [-0.05, 0) is 18.2 Å². The maximum atomic E-state index is 11.7. The SMILES string of the molecule is COC(=O)N(c1ccccc1)c1ccco1. The summed E-state index contributed by atoms with van der Waals surface area (Å²) in [6, 6.07) is 12.6. The quantitative estimate of drug-likeness (QED) is 0.775. The number of rotatable bonds is 2. The van der Waals surface area contributed by atoms with Gasteiger partial charge in [0.05, 0.1) is 19.1 Å². The third-order valence-corrected chi connectivity index (χ3v) is 2.10. The molecule has 4 nitrogen and oxygen atoms in total. The van der Waals surface area contributed by atoms with E-state index in [0.717, 1.165) is 0 Å². The predicted octanol–water partition coefficient (Wildman–Crippen LogP) is 3.18. The molecule has 4 heteroatoms. The van der Waals surface area contributed by atoms with Crippen LogP contribution in [-0.2, 0) is 4.74 Å². The largest absolute Gasteiger partial charge is 0.452 e. The zero-order chi connectivity index (χ0) is 11.4. The lowest BCUT2D eigenvalue weighted by Gasteiger charge is -2.17. The number of furan rings is 1. The van der Waals surface area contributed by atoms with Crippen LogP contribution in [-0.4, -0.2) is 13.2 Å². The van der Waals surface area contributed by atoms with Crippen LogP contribution in [0.2, 0.25) is 0 Å². The summed E-state index contributed by atoms with van der Waals surface area (Å²) in [6.07, 6.45) is 1.02. The summed E-state index contributed by atoms with van der Waals surface area (Å²) >= 11 is 0. The predicted molar refractivity (Wildman–Crippen MR) is 59.7 cm³/mol. The third kappa shape index (κ3) is 1.91. The van der Waals surface area contributed by atoms with E-state index in [1.165, 1.54) is 18.3 Å².